The van der Waals surface area contributed by atoms with Gasteiger partial charge in [0.1, 0.15) is 12.1 Å². The topological polar surface area (TPSA) is 113 Å². The van der Waals surface area contributed by atoms with Crippen molar-refractivity contribution in [2.24, 2.45) is 0 Å². The molecule has 1 aromatic carbocycles. The van der Waals surface area contributed by atoms with Crippen molar-refractivity contribution in [1.29, 1.82) is 0 Å². The van der Waals surface area contributed by atoms with Gasteiger partial charge in [0.15, 0.2) is 5.79 Å². The molecular weight excluding hydrogens is 357 g/mol. The summed E-state index contributed by atoms with van der Waals surface area (Å²) in [6.45, 7) is 1.11. The SMILES string of the molecule is O=C(Cc1nnc(BNC2Cc3ccccc3C2)o1)N1CCc2[nH]nnc2C1. The zero-order chi connectivity index (χ0) is 18.9. The lowest BCUT2D eigenvalue weighted by molar-refractivity contribution is -0.131. The number of rotatable bonds is 5. The number of aromatic amines is 1. The summed E-state index contributed by atoms with van der Waals surface area (Å²) in [6.07, 6.45) is 2.86. The molecule has 28 heavy (non-hydrogen) atoms. The largest absolute Gasteiger partial charge is 0.433 e. The molecule has 9 nitrogen and oxygen atoms in total. The fraction of sp³-hybridized carbons (Fsp3) is 0.389. The van der Waals surface area contributed by atoms with E-state index in [1.54, 1.807) is 4.90 Å². The monoisotopic (exact) mass is 377 g/mol. The summed E-state index contributed by atoms with van der Waals surface area (Å²) >= 11 is 0. The third-order valence-electron chi connectivity index (χ3n) is 5.43. The zero-order valence-corrected chi connectivity index (χ0v) is 15.4. The molecule has 0 atom stereocenters. The predicted octanol–water partition coefficient (Wildman–Crippen LogP) is -0.951. The van der Waals surface area contributed by atoms with Gasteiger partial charge in [-0.15, -0.1) is 15.3 Å². The van der Waals surface area contributed by atoms with E-state index in [0.717, 1.165) is 30.7 Å². The van der Waals surface area contributed by atoms with Gasteiger partial charge in [-0.05, 0) is 24.0 Å². The number of carbonyl (C=O) groups is 1. The van der Waals surface area contributed by atoms with Crippen LogP contribution in [0.3, 0.4) is 0 Å². The molecule has 0 spiro atoms. The molecule has 0 radical (unpaired) electrons. The van der Waals surface area contributed by atoms with Crippen LogP contribution < -0.4 is 11.0 Å². The quantitative estimate of drug-likeness (QED) is 0.551. The second-order valence-electron chi connectivity index (χ2n) is 7.32. The van der Waals surface area contributed by atoms with Crippen LogP contribution in [-0.2, 0) is 37.0 Å². The second-order valence-corrected chi connectivity index (χ2v) is 7.32. The summed E-state index contributed by atoms with van der Waals surface area (Å²) in [5.74, 6) is 0.821. The highest BCUT2D eigenvalue weighted by Gasteiger charge is 2.25. The maximum atomic E-state index is 12.5. The molecule has 1 aliphatic heterocycles. The molecule has 3 heterocycles. The lowest BCUT2D eigenvalue weighted by Gasteiger charge is -2.25. The molecular formula is C18H20BN7O2. The normalized spacial score (nSPS) is 16.1. The van der Waals surface area contributed by atoms with Crippen molar-refractivity contribution in [3.05, 3.63) is 52.7 Å². The molecule has 3 aromatic rings. The zero-order valence-electron chi connectivity index (χ0n) is 15.4. The van der Waals surface area contributed by atoms with Crippen molar-refractivity contribution in [3.63, 3.8) is 0 Å². The van der Waals surface area contributed by atoms with Crippen LogP contribution in [0.1, 0.15) is 28.4 Å². The van der Waals surface area contributed by atoms with Gasteiger partial charge in [0.05, 0.1) is 12.2 Å². The molecule has 0 fully saturated rings. The minimum absolute atomic E-state index is 0.0388. The predicted molar refractivity (Wildman–Crippen MR) is 101 cm³/mol. The van der Waals surface area contributed by atoms with Crippen LogP contribution >= 0.6 is 0 Å². The summed E-state index contributed by atoms with van der Waals surface area (Å²) in [7, 11) is 0.506. The Hall–Kier alpha value is -3.01. The number of aromatic nitrogens is 5. The van der Waals surface area contributed by atoms with Gasteiger partial charge in [-0.25, -0.2) is 0 Å². The van der Waals surface area contributed by atoms with Gasteiger partial charge >= 0.3 is 7.41 Å². The molecule has 2 aromatic heterocycles. The third-order valence-corrected chi connectivity index (χ3v) is 5.43. The van der Waals surface area contributed by atoms with Crippen molar-refractivity contribution in [2.45, 2.75) is 38.3 Å². The van der Waals surface area contributed by atoms with E-state index in [4.69, 9.17) is 4.42 Å². The molecule has 2 N–H and O–H groups in total. The van der Waals surface area contributed by atoms with Crippen molar-refractivity contribution >= 4 is 19.1 Å². The molecule has 5 rings (SSSR count). The number of H-pyrrole nitrogens is 1. The lowest BCUT2D eigenvalue weighted by atomic mass is 9.92. The minimum atomic E-state index is -0.0388. The van der Waals surface area contributed by atoms with E-state index < -0.39 is 0 Å². The second kappa shape index (κ2) is 7.19. The molecule has 10 heteroatoms. The van der Waals surface area contributed by atoms with E-state index in [2.05, 4.69) is 55.1 Å². The van der Waals surface area contributed by atoms with E-state index in [0.29, 0.717) is 38.2 Å². The van der Waals surface area contributed by atoms with Gasteiger partial charge in [0.2, 0.25) is 11.8 Å². The van der Waals surface area contributed by atoms with Crippen molar-refractivity contribution < 1.29 is 9.21 Å². The van der Waals surface area contributed by atoms with Crippen LogP contribution in [0, 0.1) is 0 Å². The fourth-order valence-corrected chi connectivity index (χ4v) is 3.92. The Morgan fingerprint density at radius 2 is 2.07 bits per heavy atom. The Labute approximate surface area is 162 Å². The van der Waals surface area contributed by atoms with Crippen molar-refractivity contribution in [3.8, 4) is 0 Å². The summed E-state index contributed by atoms with van der Waals surface area (Å²) < 4.78 is 5.67. The lowest BCUT2D eigenvalue weighted by Crippen LogP contribution is -2.39. The molecule has 0 saturated carbocycles. The minimum Gasteiger partial charge on any atom is -0.433 e. The number of amides is 1. The summed E-state index contributed by atoms with van der Waals surface area (Å²) in [6, 6.07) is 8.88. The molecule has 0 bridgehead atoms. The van der Waals surface area contributed by atoms with Crippen LogP contribution in [-0.4, -0.2) is 56.4 Å². The van der Waals surface area contributed by atoms with Crippen LogP contribution in [0.25, 0.3) is 0 Å². The van der Waals surface area contributed by atoms with Gasteiger partial charge in [-0.1, -0.05) is 29.5 Å². The van der Waals surface area contributed by atoms with Crippen LogP contribution in [0.5, 0.6) is 0 Å². The summed E-state index contributed by atoms with van der Waals surface area (Å²) in [5, 5.41) is 22.3. The first-order valence-electron chi connectivity index (χ1n) is 9.52. The molecule has 0 saturated heterocycles. The van der Waals surface area contributed by atoms with Crippen LogP contribution in [0.15, 0.2) is 28.7 Å². The van der Waals surface area contributed by atoms with Crippen molar-refractivity contribution in [2.75, 3.05) is 6.54 Å². The highest BCUT2D eigenvalue weighted by molar-refractivity contribution is 6.47. The highest BCUT2D eigenvalue weighted by atomic mass is 16.4. The van der Waals surface area contributed by atoms with E-state index in [1.165, 1.54) is 11.1 Å². The molecule has 2 aliphatic rings. The number of nitrogens with one attached hydrogen (secondary N) is 2. The number of fused-ring (bicyclic) bond motifs is 2. The van der Waals surface area contributed by atoms with E-state index in [-0.39, 0.29) is 12.3 Å². The van der Waals surface area contributed by atoms with Gasteiger partial charge in [-0.3, -0.25) is 9.89 Å². The van der Waals surface area contributed by atoms with E-state index in [9.17, 15) is 4.79 Å². The Kier molecular flexibility index (Phi) is 4.40. The van der Waals surface area contributed by atoms with Crippen LogP contribution in [0.2, 0.25) is 0 Å². The molecule has 1 amide bonds. The summed E-state index contributed by atoms with van der Waals surface area (Å²) in [4.78, 5) is 14.3. The standard InChI is InChI=1S/C18H20BN7O2/c27-17(26-6-5-14-15(10-26)22-25-21-14)9-16-23-24-18(28-16)19-20-13-7-11-3-1-2-4-12(11)8-13/h1-4,13,19-20H,5-10H2,(H,21,22,25). The fourth-order valence-electron chi connectivity index (χ4n) is 3.92. The van der Waals surface area contributed by atoms with Gasteiger partial charge in [0, 0.05) is 19.0 Å². The number of hydrogen-bond donors (Lipinski definition) is 2. The Balaban J connectivity index is 1.13. The first-order chi connectivity index (χ1) is 13.7. The number of carbonyl (C=O) groups excluding carboxylic acids is 1. The first-order valence-corrected chi connectivity index (χ1v) is 9.52. The maximum absolute atomic E-state index is 12.5. The maximum Gasteiger partial charge on any atom is 0.311 e. The number of benzene rings is 1. The van der Waals surface area contributed by atoms with Gasteiger partial charge in [0.25, 0.3) is 0 Å². The van der Waals surface area contributed by atoms with E-state index in [1.807, 2.05) is 0 Å². The summed E-state index contributed by atoms with van der Waals surface area (Å²) in [5.41, 5.74) is 4.62. The molecule has 142 valence electrons. The number of nitrogens with zero attached hydrogens (tertiary/aromatic N) is 5. The number of hydrogen-bond acceptors (Lipinski definition) is 7. The Morgan fingerprint density at radius 1 is 1.25 bits per heavy atom. The average Bonchev–Trinajstić information content (AvgIpc) is 3.44. The smallest absolute Gasteiger partial charge is 0.311 e. The average molecular weight is 377 g/mol. The Bertz CT molecular complexity index is 976. The molecule has 1 aliphatic carbocycles. The van der Waals surface area contributed by atoms with Gasteiger partial charge in [-0.2, -0.15) is 0 Å². The highest BCUT2D eigenvalue weighted by Crippen LogP contribution is 2.21. The molecule has 0 unspecified atom stereocenters. The first kappa shape index (κ1) is 17.1. The Morgan fingerprint density at radius 3 is 2.89 bits per heavy atom. The van der Waals surface area contributed by atoms with Crippen LogP contribution in [0.4, 0.5) is 0 Å². The van der Waals surface area contributed by atoms with Crippen molar-refractivity contribution in [1.82, 2.24) is 35.7 Å². The third kappa shape index (κ3) is 3.42. The van der Waals surface area contributed by atoms with Gasteiger partial charge < -0.3 is 14.5 Å². The van der Waals surface area contributed by atoms with E-state index >= 15 is 0 Å².